The Morgan fingerprint density at radius 2 is 1.81 bits per heavy atom. The molecule has 0 bridgehead atoms. The van der Waals surface area contributed by atoms with Gasteiger partial charge in [-0.15, -0.1) is 15.6 Å². The maximum absolute atomic E-state index is 12.7. The van der Waals surface area contributed by atoms with Gasteiger partial charge >= 0.3 is 0 Å². The van der Waals surface area contributed by atoms with E-state index in [1.807, 2.05) is 18.2 Å². The number of aromatic nitrogens is 3. The molecule has 26 heavy (non-hydrogen) atoms. The zero-order valence-corrected chi connectivity index (χ0v) is 14.3. The SMILES string of the molecule is C#CCNC(=O)c1ccc(S(=O)(=O)n2cnc(-c3ccccc3)n2)cc1. The van der Waals surface area contributed by atoms with Crippen molar-refractivity contribution in [2.45, 2.75) is 4.90 Å². The molecule has 1 aromatic heterocycles. The molecule has 0 fully saturated rings. The zero-order chi connectivity index (χ0) is 18.6. The molecule has 0 saturated carbocycles. The topological polar surface area (TPSA) is 94.0 Å². The van der Waals surface area contributed by atoms with Gasteiger partial charge in [0.05, 0.1) is 11.4 Å². The van der Waals surface area contributed by atoms with Crippen molar-refractivity contribution in [1.29, 1.82) is 0 Å². The predicted octanol–water partition coefficient (Wildman–Crippen LogP) is 1.55. The van der Waals surface area contributed by atoms with Crippen molar-refractivity contribution in [3.8, 4) is 23.7 Å². The number of hydrogen-bond acceptors (Lipinski definition) is 5. The summed E-state index contributed by atoms with van der Waals surface area (Å²) in [6.45, 7) is 0.0973. The highest BCUT2D eigenvalue weighted by Crippen LogP contribution is 2.17. The molecule has 0 radical (unpaired) electrons. The second kappa shape index (κ2) is 7.21. The fourth-order valence-corrected chi connectivity index (χ4v) is 3.26. The first kappa shape index (κ1) is 17.4. The van der Waals surface area contributed by atoms with Crippen LogP contribution in [0.2, 0.25) is 0 Å². The molecule has 0 unspecified atom stereocenters. The lowest BCUT2D eigenvalue weighted by molar-refractivity contribution is 0.0958. The summed E-state index contributed by atoms with van der Waals surface area (Å²) >= 11 is 0. The van der Waals surface area contributed by atoms with E-state index in [1.54, 1.807) is 12.1 Å². The smallest absolute Gasteiger partial charge is 0.284 e. The normalized spacial score (nSPS) is 10.9. The number of benzene rings is 2. The van der Waals surface area contributed by atoms with Gasteiger partial charge in [-0.1, -0.05) is 36.3 Å². The highest BCUT2D eigenvalue weighted by molar-refractivity contribution is 7.89. The van der Waals surface area contributed by atoms with Crippen molar-refractivity contribution in [2.24, 2.45) is 0 Å². The molecule has 2 aromatic carbocycles. The summed E-state index contributed by atoms with van der Waals surface area (Å²) in [6.07, 6.45) is 6.23. The Morgan fingerprint density at radius 3 is 2.46 bits per heavy atom. The third-order valence-corrected chi connectivity index (χ3v) is 5.05. The molecule has 3 aromatic rings. The van der Waals surface area contributed by atoms with Crippen molar-refractivity contribution >= 4 is 15.9 Å². The molecule has 0 aliphatic heterocycles. The Kier molecular flexibility index (Phi) is 4.82. The molecule has 0 atom stereocenters. The second-order valence-electron chi connectivity index (χ2n) is 5.22. The van der Waals surface area contributed by atoms with E-state index < -0.39 is 10.0 Å². The first-order valence-electron chi connectivity index (χ1n) is 7.57. The average molecular weight is 366 g/mol. The van der Waals surface area contributed by atoms with E-state index in [-0.39, 0.29) is 17.3 Å². The number of hydrogen-bond donors (Lipinski definition) is 1. The lowest BCUT2D eigenvalue weighted by atomic mass is 10.2. The van der Waals surface area contributed by atoms with Gasteiger partial charge in [-0.3, -0.25) is 4.79 Å². The number of nitrogens with one attached hydrogen (secondary N) is 1. The summed E-state index contributed by atoms with van der Waals surface area (Å²) in [4.78, 5) is 15.9. The van der Waals surface area contributed by atoms with Crippen LogP contribution in [0.4, 0.5) is 0 Å². The van der Waals surface area contributed by atoms with Gasteiger partial charge in [0, 0.05) is 11.1 Å². The number of amides is 1. The Balaban J connectivity index is 1.86. The van der Waals surface area contributed by atoms with Crippen LogP contribution < -0.4 is 5.32 Å². The molecular weight excluding hydrogens is 352 g/mol. The Morgan fingerprint density at radius 1 is 1.12 bits per heavy atom. The first-order chi connectivity index (χ1) is 12.5. The molecule has 1 N–H and O–H groups in total. The minimum Gasteiger partial charge on any atom is -0.341 e. The van der Waals surface area contributed by atoms with Crippen molar-refractivity contribution in [3.05, 3.63) is 66.5 Å². The largest absolute Gasteiger partial charge is 0.341 e. The van der Waals surface area contributed by atoms with Crippen LogP contribution in [0.15, 0.2) is 65.8 Å². The molecule has 1 amide bonds. The molecular formula is C18H14N4O3S. The van der Waals surface area contributed by atoms with E-state index in [0.29, 0.717) is 17.0 Å². The van der Waals surface area contributed by atoms with Crippen molar-refractivity contribution < 1.29 is 13.2 Å². The van der Waals surface area contributed by atoms with Crippen LogP contribution in [0.1, 0.15) is 10.4 Å². The molecule has 1 heterocycles. The van der Waals surface area contributed by atoms with Crippen LogP contribution in [0.25, 0.3) is 11.4 Å². The molecule has 130 valence electrons. The summed E-state index contributed by atoms with van der Waals surface area (Å²) in [6, 6.07) is 14.5. The van der Waals surface area contributed by atoms with E-state index in [1.165, 1.54) is 24.3 Å². The van der Waals surface area contributed by atoms with Gasteiger partial charge in [-0.2, -0.15) is 8.42 Å². The van der Waals surface area contributed by atoms with E-state index in [0.717, 1.165) is 10.4 Å². The summed E-state index contributed by atoms with van der Waals surface area (Å²) in [5.74, 6) is 2.22. The minimum atomic E-state index is -3.91. The monoisotopic (exact) mass is 366 g/mol. The van der Waals surface area contributed by atoms with Crippen LogP contribution in [0, 0.1) is 12.3 Å². The van der Waals surface area contributed by atoms with Gasteiger partial charge in [0.2, 0.25) is 0 Å². The molecule has 0 aliphatic carbocycles. The van der Waals surface area contributed by atoms with Crippen molar-refractivity contribution in [1.82, 2.24) is 19.5 Å². The Bertz CT molecular complexity index is 1070. The van der Waals surface area contributed by atoms with Crippen LogP contribution in [-0.2, 0) is 10.0 Å². The summed E-state index contributed by atoms with van der Waals surface area (Å²) < 4.78 is 26.1. The van der Waals surface area contributed by atoms with Gasteiger partial charge in [-0.05, 0) is 24.3 Å². The van der Waals surface area contributed by atoms with E-state index in [2.05, 4.69) is 21.3 Å². The van der Waals surface area contributed by atoms with Crippen LogP contribution in [0.3, 0.4) is 0 Å². The predicted molar refractivity (Wildman–Crippen MR) is 95.6 cm³/mol. The summed E-state index contributed by atoms with van der Waals surface area (Å²) in [5.41, 5.74) is 1.02. The number of terminal acetylenes is 1. The lowest BCUT2D eigenvalue weighted by Crippen LogP contribution is -2.23. The maximum Gasteiger partial charge on any atom is 0.284 e. The molecule has 8 heteroatoms. The highest BCUT2D eigenvalue weighted by atomic mass is 32.2. The van der Waals surface area contributed by atoms with Gasteiger partial charge in [0.1, 0.15) is 6.33 Å². The third kappa shape index (κ3) is 3.48. The zero-order valence-electron chi connectivity index (χ0n) is 13.5. The van der Waals surface area contributed by atoms with Gasteiger partial charge in [-0.25, -0.2) is 4.98 Å². The van der Waals surface area contributed by atoms with E-state index in [9.17, 15) is 13.2 Å². The highest BCUT2D eigenvalue weighted by Gasteiger charge is 2.20. The maximum atomic E-state index is 12.7. The van der Waals surface area contributed by atoms with Gasteiger partial charge in [0.15, 0.2) is 5.82 Å². The van der Waals surface area contributed by atoms with Gasteiger partial charge in [0.25, 0.3) is 15.9 Å². The van der Waals surface area contributed by atoms with Crippen molar-refractivity contribution in [3.63, 3.8) is 0 Å². The fourth-order valence-electron chi connectivity index (χ4n) is 2.20. The van der Waals surface area contributed by atoms with E-state index >= 15 is 0 Å². The average Bonchev–Trinajstić information content (AvgIpc) is 3.18. The lowest BCUT2D eigenvalue weighted by Gasteiger charge is -2.05. The standard InChI is InChI=1S/C18H14N4O3S/c1-2-12-19-18(23)15-8-10-16(11-9-15)26(24,25)22-13-20-17(21-22)14-6-4-3-5-7-14/h1,3-11,13H,12H2,(H,19,23). The molecule has 0 aliphatic rings. The Labute approximate surface area is 150 Å². The van der Waals surface area contributed by atoms with E-state index in [4.69, 9.17) is 6.42 Å². The quantitative estimate of drug-likeness (QED) is 0.692. The third-order valence-electron chi connectivity index (χ3n) is 3.52. The molecule has 7 nitrogen and oxygen atoms in total. The van der Waals surface area contributed by atoms with Crippen molar-refractivity contribution in [2.75, 3.05) is 6.54 Å². The molecule has 3 rings (SSSR count). The minimum absolute atomic E-state index is 0.00416. The first-order valence-corrected chi connectivity index (χ1v) is 9.01. The summed E-state index contributed by atoms with van der Waals surface area (Å²) in [5, 5.41) is 6.55. The number of carbonyl (C=O) groups is 1. The fraction of sp³-hybridized carbons (Fsp3) is 0.0556. The number of carbonyl (C=O) groups excluding carboxylic acids is 1. The second-order valence-corrected chi connectivity index (χ2v) is 7.02. The molecule has 0 saturated heterocycles. The summed E-state index contributed by atoms with van der Waals surface area (Å²) in [7, 11) is -3.91. The van der Waals surface area contributed by atoms with Crippen LogP contribution in [0.5, 0.6) is 0 Å². The Hall–Kier alpha value is -3.44. The van der Waals surface area contributed by atoms with Gasteiger partial charge < -0.3 is 5.32 Å². The number of nitrogens with zero attached hydrogens (tertiary/aromatic N) is 3. The van der Waals surface area contributed by atoms with Crippen LogP contribution in [-0.4, -0.2) is 35.0 Å². The molecule has 0 spiro atoms. The number of rotatable bonds is 5. The van der Waals surface area contributed by atoms with Crippen LogP contribution >= 0.6 is 0 Å².